The van der Waals surface area contributed by atoms with E-state index in [9.17, 15) is 9.59 Å². The van der Waals surface area contributed by atoms with Gasteiger partial charge in [0.25, 0.3) is 0 Å². The van der Waals surface area contributed by atoms with E-state index in [0.717, 1.165) is 16.3 Å². The Balaban J connectivity index is 1.84. The number of amides is 2. The molecule has 28 heavy (non-hydrogen) atoms. The number of rotatable bonds is 7. The molecule has 3 rings (SSSR count). The standard InChI is InChI=1S/C22H23N3O3/c1-28-20-13-17(12-16-9-5-6-10-18(16)20)24-22(27)19(25-21(26)14-23)11-15-7-3-2-4-8-15/h2-10,12-13,19H,11,14,23H2,1H3,(H,24,27)(H,25,26)/t19-/m0/s1. The van der Waals surface area contributed by atoms with Gasteiger partial charge in [-0.25, -0.2) is 0 Å². The average Bonchev–Trinajstić information content (AvgIpc) is 2.73. The number of ether oxygens (including phenoxy) is 1. The molecule has 0 spiro atoms. The van der Waals surface area contributed by atoms with Crippen LogP contribution in [0.5, 0.6) is 5.75 Å². The smallest absolute Gasteiger partial charge is 0.247 e. The van der Waals surface area contributed by atoms with Crippen molar-refractivity contribution in [3.8, 4) is 5.75 Å². The van der Waals surface area contributed by atoms with Gasteiger partial charge in [-0.2, -0.15) is 0 Å². The monoisotopic (exact) mass is 377 g/mol. The predicted octanol–water partition coefficient (Wildman–Crippen LogP) is 2.47. The molecule has 3 aromatic rings. The average molecular weight is 377 g/mol. The van der Waals surface area contributed by atoms with Gasteiger partial charge in [-0.05, 0) is 17.0 Å². The molecular weight excluding hydrogens is 354 g/mol. The van der Waals surface area contributed by atoms with Crippen LogP contribution >= 0.6 is 0 Å². The van der Waals surface area contributed by atoms with E-state index in [-0.39, 0.29) is 18.4 Å². The Labute approximate surface area is 163 Å². The third-order valence-corrected chi connectivity index (χ3v) is 4.43. The van der Waals surface area contributed by atoms with E-state index < -0.39 is 6.04 Å². The third kappa shape index (κ3) is 4.66. The van der Waals surface area contributed by atoms with Crippen molar-refractivity contribution in [3.63, 3.8) is 0 Å². The Bertz CT molecular complexity index is 973. The van der Waals surface area contributed by atoms with Gasteiger partial charge in [-0.3, -0.25) is 9.59 Å². The lowest BCUT2D eigenvalue weighted by Gasteiger charge is -2.19. The molecule has 6 nitrogen and oxygen atoms in total. The minimum absolute atomic E-state index is 0.178. The van der Waals surface area contributed by atoms with Crippen LogP contribution in [0, 0.1) is 0 Å². The lowest BCUT2D eigenvalue weighted by Crippen LogP contribution is -2.47. The number of carbonyl (C=O) groups excluding carboxylic acids is 2. The maximum Gasteiger partial charge on any atom is 0.247 e. The van der Waals surface area contributed by atoms with Crippen molar-refractivity contribution in [2.45, 2.75) is 12.5 Å². The van der Waals surface area contributed by atoms with Crippen molar-refractivity contribution in [3.05, 3.63) is 72.3 Å². The maximum absolute atomic E-state index is 12.9. The molecule has 0 heterocycles. The summed E-state index contributed by atoms with van der Waals surface area (Å²) in [7, 11) is 1.59. The molecule has 4 N–H and O–H groups in total. The first-order valence-corrected chi connectivity index (χ1v) is 9.01. The summed E-state index contributed by atoms with van der Waals surface area (Å²) >= 11 is 0. The zero-order valence-electron chi connectivity index (χ0n) is 15.6. The Morgan fingerprint density at radius 2 is 1.75 bits per heavy atom. The number of carbonyl (C=O) groups is 2. The summed E-state index contributed by atoms with van der Waals surface area (Å²) in [5.74, 6) is -0.0332. The maximum atomic E-state index is 12.9. The van der Waals surface area contributed by atoms with Gasteiger partial charge in [-0.1, -0.05) is 54.6 Å². The molecule has 0 bridgehead atoms. The molecule has 0 aliphatic carbocycles. The zero-order valence-corrected chi connectivity index (χ0v) is 15.6. The fraction of sp³-hybridized carbons (Fsp3) is 0.182. The van der Waals surface area contributed by atoms with Crippen molar-refractivity contribution >= 4 is 28.3 Å². The third-order valence-electron chi connectivity index (χ3n) is 4.43. The number of anilines is 1. The van der Waals surface area contributed by atoms with Gasteiger partial charge in [0.15, 0.2) is 0 Å². The number of nitrogens with two attached hydrogens (primary N) is 1. The fourth-order valence-corrected chi connectivity index (χ4v) is 3.06. The van der Waals surface area contributed by atoms with Crippen LogP contribution < -0.4 is 21.1 Å². The van der Waals surface area contributed by atoms with Gasteiger partial charge < -0.3 is 21.1 Å². The highest BCUT2D eigenvalue weighted by molar-refractivity contribution is 6.00. The predicted molar refractivity (Wildman–Crippen MR) is 110 cm³/mol. The summed E-state index contributed by atoms with van der Waals surface area (Å²) in [5.41, 5.74) is 6.94. The summed E-state index contributed by atoms with van der Waals surface area (Å²) in [6.07, 6.45) is 0.364. The first-order chi connectivity index (χ1) is 13.6. The number of hydrogen-bond acceptors (Lipinski definition) is 4. The Hall–Kier alpha value is -3.38. The molecular formula is C22H23N3O3. The first-order valence-electron chi connectivity index (χ1n) is 9.01. The van der Waals surface area contributed by atoms with Gasteiger partial charge in [0.2, 0.25) is 11.8 Å². The SMILES string of the molecule is COc1cc(NC(=O)[C@H](Cc2ccccc2)NC(=O)CN)cc2ccccc12. The largest absolute Gasteiger partial charge is 0.496 e. The summed E-state index contributed by atoms with van der Waals surface area (Å²) in [4.78, 5) is 24.7. The van der Waals surface area contributed by atoms with Gasteiger partial charge in [0.05, 0.1) is 13.7 Å². The lowest BCUT2D eigenvalue weighted by atomic mass is 10.0. The van der Waals surface area contributed by atoms with Crippen LogP contribution in [-0.4, -0.2) is 31.5 Å². The van der Waals surface area contributed by atoms with E-state index in [4.69, 9.17) is 10.5 Å². The summed E-state index contributed by atoms with van der Waals surface area (Å²) in [5, 5.41) is 7.48. The van der Waals surface area contributed by atoms with E-state index in [1.165, 1.54) is 0 Å². The van der Waals surface area contributed by atoms with Crippen molar-refractivity contribution < 1.29 is 14.3 Å². The Morgan fingerprint density at radius 1 is 1.04 bits per heavy atom. The number of benzene rings is 3. The van der Waals surface area contributed by atoms with Gasteiger partial charge in [0, 0.05) is 23.6 Å². The van der Waals surface area contributed by atoms with Crippen LogP contribution in [0.2, 0.25) is 0 Å². The van der Waals surface area contributed by atoms with Crippen LogP contribution in [0.3, 0.4) is 0 Å². The van der Waals surface area contributed by atoms with Gasteiger partial charge in [-0.15, -0.1) is 0 Å². The topological polar surface area (TPSA) is 93.5 Å². The second-order valence-electron chi connectivity index (χ2n) is 6.40. The van der Waals surface area contributed by atoms with E-state index in [2.05, 4.69) is 10.6 Å². The van der Waals surface area contributed by atoms with Crippen LogP contribution in [0.1, 0.15) is 5.56 Å². The molecule has 0 saturated carbocycles. The molecule has 0 radical (unpaired) electrons. The van der Waals surface area contributed by atoms with E-state index in [1.54, 1.807) is 13.2 Å². The molecule has 3 aromatic carbocycles. The fourth-order valence-electron chi connectivity index (χ4n) is 3.06. The molecule has 6 heteroatoms. The molecule has 144 valence electrons. The van der Waals surface area contributed by atoms with Crippen LogP contribution in [0.15, 0.2) is 66.7 Å². The first kappa shape index (κ1) is 19.4. The van der Waals surface area contributed by atoms with Crippen molar-refractivity contribution in [2.24, 2.45) is 5.73 Å². The van der Waals surface area contributed by atoms with Gasteiger partial charge in [0.1, 0.15) is 11.8 Å². The second-order valence-corrected chi connectivity index (χ2v) is 6.40. The van der Waals surface area contributed by atoms with Crippen LogP contribution in [-0.2, 0) is 16.0 Å². The van der Waals surface area contributed by atoms with Crippen molar-refractivity contribution in [1.29, 1.82) is 0 Å². The molecule has 2 amide bonds. The molecule has 0 fully saturated rings. The zero-order chi connectivity index (χ0) is 19.9. The Morgan fingerprint density at radius 3 is 2.46 bits per heavy atom. The molecule has 0 aliphatic rings. The van der Waals surface area contributed by atoms with E-state index in [1.807, 2.05) is 60.7 Å². The number of hydrogen-bond donors (Lipinski definition) is 3. The van der Waals surface area contributed by atoms with Crippen molar-refractivity contribution in [1.82, 2.24) is 5.32 Å². The van der Waals surface area contributed by atoms with Gasteiger partial charge >= 0.3 is 0 Å². The Kier molecular flexibility index (Phi) is 6.24. The summed E-state index contributed by atoms with van der Waals surface area (Å²) in [6.45, 7) is -0.178. The minimum Gasteiger partial charge on any atom is -0.496 e. The highest BCUT2D eigenvalue weighted by Crippen LogP contribution is 2.29. The van der Waals surface area contributed by atoms with Crippen LogP contribution in [0.4, 0.5) is 5.69 Å². The highest BCUT2D eigenvalue weighted by atomic mass is 16.5. The molecule has 0 saturated heterocycles. The number of methoxy groups -OCH3 is 1. The number of nitrogens with one attached hydrogen (secondary N) is 2. The second kappa shape index (κ2) is 9.01. The highest BCUT2D eigenvalue weighted by Gasteiger charge is 2.21. The van der Waals surface area contributed by atoms with Crippen LogP contribution in [0.25, 0.3) is 10.8 Å². The molecule has 1 atom stereocenters. The molecule has 0 aromatic heterocycles. The quantitative estimate of drug-likeness (QED) is 0.590. The lowest BCUT2D eigenvalue weighted by molar-refractivity contribution is -0.125. The summed E-state index contributed by atoms with van der Waals surface area (Å²) < 4.78 is 5.45. The molecule has 0 unspecified atom stereocenters. The number of fused-ring (bicyclic) bond motifs is 1. The summed E-state index contributed by atoms with van der Waals surface area (Å²) in [6, 6.07) is 20.2. The van der Waals surface area contributed by atoms with E-state index in [0.29, 0.717) is 17.9 Å². The van der Waals surface area contributed by atoms with Crippen molar-refractivity contribution in [2.75, 3.05) is 19.0 Å². The minimum atomic E-state index is -0.740. The normalized spacial score (nSPS) is 11.6. The van der Waals surface area contributed by atoms with E-state index >= 15 is 0 Å². The molecule has 0 aliphatic heterocycles.